The van der Waals surface area contributed by atoms with Gasteiger partial charge in [0.1, 0.15) is 10.0 Å². The number of rotatable bonds is 5. The highest BCUT2D eigenvalue weighted by Gasteiger charge is 2.25. The molecule has 4 rings (SSSR count). The highest BCUT2D eigenvalue weighted by Crippen LogP contribution is 2.30. The zero-order chi connectivity index (χ0) is 21.3. The summed E-state index contributed by atoms with van der Waals surface area (Å²) in [6.07, 6.45) is 2.94. The van der Waals surface area contributed by atoms with Crippen LogP contribution < -0.4 is 4.72 Å². The molecule has 158 valence electrons. The minimum Gasteiger partial charge on any atom is -0.412 e. The molecule has 1 aliphatic rings. The van der Waals surface area contributed by atoms with Crippen molar-refractivity contribution in [2.75, 3.05) is 17.8 Å². The van der Waals surface area contributed by atoms with Gasteiger partial charge in [-0.3, -0.25) is 9.52 Å². The number of carbonyl (C=O) groups is 1. The van der Waals surface area contributed by atoms with E-state index in [9.17, 15) is 17.6 Å². The summed E-state index contributed by atoms with van der Waals surface area (Å²) in [6.45, 7) is 1.29. The fraction of sp³-hybridized carbons (Fsp3) is 0.278. The van der Waals surface area contributed by atoms with E-state index in [0.717, 1.165) is 36.7 Å². The van der Waals surface area contributed by atoms with Crippen LogP contribution in [0.15, 0.2) is 38.3 Å². The maximum absolute atomic E-state index is 13.9. The number of carbonyl (C=O) groups excluding carboxylic acids is 1. The van der Waals surface area contributed by atoms with E-state index in [4.69, 9.17) is 16.0 Å². The van der Waals surface area contributed by atoms with Gasteiger partial charge in [0.15, 0.2) is 0 Å². The lowest BCUT2D eigenvalue weighted by Crippen LogP contribution is -2.35. The van der Waals surface area contributed by atoms with Gasteiger partial charge in [-0.1, -0.05) is 11.6 Å². The van der Waals surface area contributed by atoms with Crippen LogP contribution in [-0.2, 0) is 10.0 Å². The summed E-state index contributed by atoms with van der Waals surface area (Å²) >= 11 is 6.59. The first-order valence-corrected chi connectivity index (χ1v) is 11.8. The minimum atomic E-state index is -4.04. The highest BCUT2D eigenvalue weighted by atomic mass is 35.5. The smallest absolute Gasteiger partial charge is 0.311 e. The molecule has 1 aliphatic heterocycles. The Hall–Kier alpha value is -2.50. The number of thiophene rings is 1. The lowest BCUT2D eigenvalue weighted by molar-refractivity contribution is 0.0684. The summed E-state index contributed by atoms with van der Waals surface area (Å²) < 4.78 is 46.6. The summed E-state index contributed by atoms with van der Waals surface area (Å²) in [6, 6.07) is 4.95. The van der Waals surface area contributed by atoms with Crippen molar-refractivity contribution in [3.63, 3.8) is 0 Å². The van der Waals surface area contributed by atoms with E-state index in [0.29, 0.717) is 18.7 Å². The third-order valence-electron chi connectivity index (χ3n) is 4.51. The van der Waals surface area contributed by atoms with Crippen LogP contribution >= 0.6 is 22.9 Å². The molecule has 1 fully saturated rings. The number of nitrogens with zero attached hydrogens (tertiary/aromatic N) is 3. The van der Waals surface area contributed by atoms with Gasteiger partial charge in [-0.05, 0) is 43.5 Å². The second kappa shape index (κ2) is 8.32. The molecule has 30 heavy (non-hydrogen) atoms. The van der Waals surface area contributed by atoms with E-state index in [1.165, 1.54) is 23.6 Å². The molecule has 0 radical (unpaired) electrons. The van der Waals surface area contributed by atoms with E-state index < -0.39 is 15.8 Å². The number of hydrogen-bond acceptors (Lipinski definition) is 7. The van der Waals surface area contributed by atoms with Crippen molar-refractivity contribution in [2.24, 2.45) is 0 Å². The van der Waals surface area contributed by atoms with E-state index in [1.807, 2.05) is 0 Å². The van der Waals surface area contributed by atoms with Crippen LogP contribution in [0.25, 0.3) is 11.5 Å². The first kappa shape index (κ1) is 20.8. The number of likely N-dealkylation sites (tertiary alicyclic amines) is 1. The Kier molecular flexibility index (Phi) is 5.76. The number of halogens is 2. The molecule has 0 saturated carbocycles. The van der Waals surface area contributed by atoms with Crippen LogP contribution in [0.1, 0.15) is 29.9 Å². The van der Waals surface area contributed by atoms with Crippen LogP contribution in [0, 0.1) is 5.82 Å². The number of aromatic nitrogens is 2. The van der Waals surface area contributed by atoms with Gasteiger partial charge in [-0.15, -0.1) is 21.5 Å². The first-order chi connectivity index (χ1) is 14.3. The zero-order valence-electron chi connectivity index (χ0n) is 15.5. The molecule has 1 amide bonds. The molecule has 3 heterocycles. The van der Waals surface area contributed by atoms with Crippen LogP contribution in [-0.4, -0.2) is 42.5 Å². The zero-order valence-corrected chi connectivity index (χ0v) is 17.9. The third kappa shape index (κ3) is 4.32. The molecule has 1 saturated heterocycles. The maximum atomic E-state index is 13.9. The number of benzene rings is 1. The predicted octanol–water partition coefficient (Wildman–Crippen LogP) is 4.02. The molecular weight excluding hydrogens is 455 g/mol. The fourth-order valence-corrected chi connectivity index (χ4v) is 5.38. The Morgan fingerprint density at radius 3 is 2.70 bits per heavy atom. The van der Waals surface area contributed by atoms with Crippen molar-refractivity contribution in [3.8, 4) is 11.5 Å². The van der Waals surface area contributed by atoms with Gasteiger partial charge in [0.25, 0.3) is 10.0 Å². The van der Waals surface area contributed by atoms with Gasteiger partial charge >= 0.3 is 11.8 Å². The lowest BCUT2D eigenvalue weighted by Gasteiger charge is -2.24. The molecule has 0 unspecified atom stereocenters. The average Bonchev–Trinajstić information content (AvgIpc) is 3.40. The number of sulfonamides is 1. The molecule has 3 aromatic rings. The van der Waals surface area contributed by atoms with Crippen LogP contribution in [0.5, 0.6) is 0 Å². The normalized spacial score (nSPS) is 14.7. The highest BCUT2D eigenvalue weighted by molar-refractivity contribution is 7.94. The monoisotopic (exact) mass is 470 g/mol. The van der Waals surface area contributed by atoms with Crippen molar-refractivity contribution in [2.45, 2.75) is 23.5 Å². The number of amides is 1. The van der Waals surface area contributed by atoms with Crippen molar-refractivity contribution < 1.29 is 22.0 Å². The van der Waals surface area contributed by atoms with Gasteiger partial charge in [-0.25, -0.2) is 12.8 Å². The quantitative estimate of drug-likeness (QED) is 0.603. The van der Waals surface area contributed by atoms with Gasteiger partial charge in [0.2, 0.25) is 5.89 Å². The van der Waals surface area contributed by atoms with Gasteiger partial charge < -0.3 is 9.32 Å². The van der Waals surface area contributed by atoms with Gasteiger partial charge in [0.05, 0.1) is 11.3 Å². The van der Waals surface area contributed by atoms with Gasteiger partial charge in [0, 0.05) is 23.5 Å². The minimum absolute atomic E-state index is 0.0331. The van der Waals surface area contributed by atoms with Gasteiger partial charge in [-0.2, -0.15) is 0 Å². The summed E-state index contributed by atoms with van der Waals surface area (Å²) in [7, 11) is -4.04. The largest absolute Gasteiger partial charge is 0.412 e. The molecule has 2 aromatic heterocycles. The molecule has 0 atom stereocenters. The summed E-state index contributed by atoms with van der Waals surface area (Å²) in [5.74, 6) is -1.23. The summed E-state index contributed by atoms with van der Waals surface area (Å²) in [5, 5.41) is 9.32. The summed E-state index contributed by atoms with van der Waals surface area (Å²) in [5.41, 5.74) is 0.128. The van der Waals surface area contributed by atoms with Crippen molar-refractivity contribution in [3.05, 3.63) is 46.4 Å². The molecule has 1 aromatic carbocycles. The molecule has 8 nitrogen and oxygen atoms in total. The Morgan fingerprint density at radius 2 is 1.97 bits per heavy atom. The Bertz CT molecular complexity index is 1190. The van der Waals surface area contributed by atoms with E-state index in [-0.39, 0.29) is 32.6 Å². The standard InChI is InChI=1S/C18H16ClFN4O4S2/c19-12-4-5-14(13(20)9-12)23-30(26,27)15-8-11(10-29-15)16-21-22-17(28-16)18(25)24-6-2-1-3-7-24/h4-5,8-10,23H,1-3,6-7H2. The lowest BCUT2D eigenvalue weighted by atomic mass is 10.1. The molecule has 0 bridgehead atoms. The first-order valence-electron chi connectivity index (χ1n) is 9.03. The molecule has 0 aliphatic carbocycles. The van der Waals surface area contributed by atoms with Crippen LogP contribution in [0.4, 0.5) is 10.1 Å². The second-order valence-corrected chi connectivity index (χ2v) is 9.91. The Balaban J connectivity index is 1.52. The fourth-order valence-electron chi connectivity index (χ4n) is 3.00. The van der Waals surface area contributed by atoms with Crippen molar-refractivity contribution in [1.82, 2.24) is 15.1 Å². The van der Waals surface area contributed by atoms with Crippen molar-refractivity contribution in [1.29, 1.82) is 0 Å². The van der Waals surface area contributed by atoms with Crippen molar-refractivity contribution >= 4 is 44.6 Å². The number of piperidine rings is 1. The SMILES string of the molecule is O=C(c1nnc(-c2csc(S(=O)(=O)Nc3ccc(Cl)cc3F)c2)o1)N1CCCCC1. The van der Waals surface area contributed by atoms with E-state index >= 15 is 0 Å². The molecule has 1 N–H and O–H groups in total. The predicted molar refractivity (Wildman–Crippen MR) is 110 cm³/mol. The summed E-state index contributed by atoms with van der Waals surface area (Å²) in [4.78, 5) is 14.1. The molecule has 0 spiro atoms. The number of hydrogen-bond donors (Lipinski definition) is 1. The third-order valence-corrected chi connectivity index (χ3v) is 7.55. The molecule has 12 heteroatoms. The van der Waals surface area contributed by atoms with Crippen LogP contribution in [0.3, 0.4) is 0 Å². The maximum Gasteiger partial charge on any atom is 0.311 e. The average molecular weight is 471 g/mol. The number of nitrogens with one attached hydrogen (secondary N) is 1. The topological polar surface area (TPSA) is 105 Å². The Morgan fingerprint density at radius 1 is 1.20 bits per heavy atom. The number of anilines is 1. The van der Waals surface area contributed by atoms with E-state index in [2.05, 4.69) is 14.9 Å². The van der Waals surface area contributed by atoms with E-state index in [1.54, 1.807) is 4.90 Å². The second-order valence-electron chi connectivity index (χ2n) is 6.65. The Labute approximate surface area is 180 Å². The molecular formula is C18H16ClFN4O4S2. The van der Waals surface area contributed by atoms with Crippen LogP contribution in [0.2, 0.25) is 5.02 Å².